The lowest BCUT2D eigenvalue weighted by molar-refractivity contribution is 0.0169. The van der Waals surface area contributed by atoms with Crippen LogP contribution in [0, 0.1) is 5.82 Å². The van der Waals surface area contributed by atoms with Crippen molar-refractivity contribution in [2.75, 3.05) is 39.9 Å². The minimum Gasteiger partial charge on any atom is -0.379 e. The van der Waals surface area contributed by atoms with Gasteiger partial charge in [0.25, 0.3) is 0 Å². The number of ether oxygens (including phenoxy) is 1. The predicted molar refractivity (Wildman–Crippen MR) is 115 cm³/mol. The summed E-state index contributed by atoms with van der Waals surface area (Å²) in [7, 11) is 3.58. The predicted octanol–water partition coefficient (Wildman–Crippen LogP) is 3.21. The number of aromatic nitrogens is 1. The highest BCUT2D eigenvalue weighted by Gasteiger charge is 2.23. The van der Waals surface area contributed by atoms with Crippen LogP contribution < -0.4 is 10.6 Å². The number of aliphatic imine (C=N–C) groups is 1. The van der Waals surface area contributed by atoms with E-state index in [2.05, 4.69) is 20.5 Å². The van der Waals surface area contributed by atoms with E-state index in [0.29, 0.717) is 42.4 Å². The second kappa shape index (κ2) is 10.3. The molecule has 158 valence electrons. The molecule has 0 bridgehead atoms. The fourth-order valence-electron chi connectivity index (χ4n) is 3.41. The lowest BCUT2D eigenvalue weighted by atomic mass is 10.0. The first-order valence-corrected chi connectivity index (χ1v) is 10.3. The minimum absolute atomic E-state index is 0.00655. The lowest BCUT2D eigenvalue weighted by Gasteiger charge is -2.35. The van der Waals surface area contributed by atoms with Crippen LogP contribution in [0.1, 0.15) is 17.3 Å². The number of morpholine rings is 1. The third kappa shape index (κ3) is 5.63. The average Bonchev–Trinajstić information content (AvgIpc) is 2.98. The molecule has 2 N–H and O–H groups in total. The average molecular weight is 442 g/mol. The molecule has 29 heavy (non-hydrogen) atoms. The molecule has 1 aromatic carbocycles. The Morgan fingerprint density at radius 2 is 2.00 bits per heavy atom. The maximum absolute atomic E-state index is 13.8. The van der Waals surface area contributed by atoms with E-state index in [1.165, 1.54) is 6.07 Å². The van der Waals surface area contributed by atoms with Crippen LogP contribution in [0.15, 0.2) is 35.3 Å². The van der Waals surface area contributed by atoms with Gasteiger partial charge in [-0.05, 0) is 23.8 Å². The second-order valence-electron chi connectivity index (χ2n) is 6.86. The molecule has 0 amide bonds. The minimum atomic E-state index is -0.235. The van der Waals surface area contributed by atoms with E-state index in [0.717, 1.165) is 24.3 Å². The van der Waals surface area contributed by atoms with E-state index >= 15 is 0 Å². The highest BCUT2D eigenvalue weighted by Crippen LogP contribution is 2.25. The van der Waals surface area contributed by atoms with E-state index in [9.17, 15) is 4.39 Å². The molecule has 1 aliphatic rings. The summed E-state index contributed by atoms with van der Waals surface area (Å²) in [6, 6.07) is 8.58. The van der Waals surface area contributed by atoms with Crippen LogP contribution in [0.25, 0.3) is 0 Å². The zero-order valence-electron chi connectivity index (χ0n) is 16.6. The number of nitrogens with zero attached hydrogens (tertiary/aromatic N) is 3. The fraction of sp³-hybridized carbons (Fsp3) is 0.450. The Morgan fingerprint density at radius 3 is 2.62 bits per heavy atom. The van der Waals surface area contributed by atoms with Gasteiger partial charge in [0, 0.05) is 39.4 Å². The van der Waals surface area contributed by atoms with Gasteiger partial charge in [0.05, 0.1) is 30.8 Å². The SMILES string of the molecule is CN=C(NCc1cc(Cl)c(Cl)n1C)NCC(c1cccc(F)c1)N1CCOCC1. The van der Waals surface area contributed by atoms with Gasteiger partial charge in [-0.15, -0.1) is 0 Å². The Morgan fingerprint density at radius 1 is 1.24 bits per heavy atom. The molecule has 3 rings (SSSR count). The van der Waals surface area contributed by atoms with E-state index in [4.69, 9.17) is 27.9 Å². The molecule has 2 heterocycles. The third-order valence-electron chi connectivity index (χ3n) is 5.06. The fourth-order valence-corrected chi connectivity index (χ4v) is 3.82. The van der Waals surface area contributed by atoms with E-state index in [1.807, 2.05) is 23.7 Å². The molecule has 1 atom stereocenters. The molecule has 2 aromatic rings. The summed E-state index contributed by atoms with van der Waals surface area (Å²) in [5, 5.41) is 7.65. The van der Waals surface area contributed by atoms with Gasteiger partial charge in [-0.3, -0.25) is 9.89 Å². The van der Waals surface area contributed by atoms with Gasteiger partial charge in [0.1, 0.15) is 11.0 Å². The quantitative estimate of drug-likeness (QED) is 0.533. The summed E-state index contributed by atoms with van der Waals surface area (Å²) in [6.45, 7) is 4.05. The maximum atomic E-state index is 13.8. The number of nitrogens with one attached hydrogen (secondary N) is 2. The summed E-state index contributed by atoms with van der Waals surface area (Å²) in [6.07, 6.45) is 0. The molecule has 0 radical (unpaired) electrons. The van der Waals surface area contributed by atoms with Crippen molar-refractivity contribution < 1.29 is 9.13 Å². The van der Waals surface area contributed by atoms with Crippen LogP contribution in [0.4, 0.5) is 4.39 Å². The Balaban J connectivity index is 1.65. The van der Waals surface area contributed by atoms with Crippen LogP contribution in [0.2, 0.25) is 10.2 Å². The Kier molecular flexibility index (Phi) is 7.77. The van der Waals surface area contributed by atoms with Gasteiger partial charge in [-0.2, -0.15) is 0 Å². The van der Waals surface area contributed by atoms with Crippen molar-refractivity contribution in [2.24, 2.45) is 12.0 Å². The Labute approximate surface area is 180 Å². The largest absolute Gasteiger partial charge is 0.379 e. The molecule has 0 aliphatic carbocycles. The summed E-state index contributed by atoms with van der Waals surface area (Å²) < 4.78 is 21.1. The summed E-state index contributed by atoms with van der Waals surface area (Å²) >= 11 is 12.2. The molecule has 1 aliphatic heterocycles. The molecule has 1 unspecified atom stereocenters. The first kappa shape index (κ1) is 21.9. The van der Waals surface area contributed by atoms with Crippen molar-refractivity contribution in [1.82, 2.24) is 20.1 Å². The van der Waals surface area contributed by atoms with Gasteiger partial charge in [-0.25, -0.2) is 4.39 Å². The molecular weight excluding hydrogens is 416 g/mol. The zero-order chi connectivity index (χ0) is 20.8. The molecule has 1 aromatic heterocycles. The molecule has 1 saturated heterocycles. The Hall–Kier alpha value is -1.80. The van der Waals surface area contributed by atoms with E-state index in [1.54, 1.807) is 19.2 Å². The molecule has 9 heteroatoms. The zero-order valence-corrected chi connectivity index (χ0v) is 18.1. The van der Waals surface area contributed by atoms with Crippen LogP contribution >= 0.6 is 23.2 Å². The lowest BCUT2D eigenvalue weighted by Crippen LogP contribution is -2.46. The van der Waals surface area contributed by atoms with Crippen molar-refractivity contribution in [2.45, 2.75) is 12.6 Å². The van der Waals surface area contributed by atoms with Crippen molar-refractivity contribution >= 4 is 29.2 Å². The van der Waals surface area contributed by atoms with Gasteiger partial charge in [-0.1, -0.05) is 35.3 Å². The van der Waals surface area contributed by atoms with E-state index < -0.39 is 0 Å². The summed E-state index contributed by atoms with van der Waals surface area (Å²) in [5.74, 6) is 0.411. The number of hydrogen-bond donors (Lipinski definition) is 2. The van der Waals surface area contributed by atoms with E-state index in [-0.39, 0.29) is 11.9 Å². The summed E-state index contributed by atoms with van der Waals surface area (Å²) in [4.78, 5) is 6.59. The number of halogens is 3. The molecule has 0 spiro atoms. The molecule has 6 nitrogen and oxygen atoms in total. The van der Waals surface area contributed by atoms with Crippen LogP contribution in [0.5, 0.6) is 0 Å². The van der Waals surface area contributed by atoms with Gasteiger partial charge in [0.2, 0.25) is 0 Å². The van der Waals surface area contributed by atoms with Crippen molar-refractivity contribution in [3.63, 3.8) is 0 Å². The van der Waals surface area contributed by atoms with Gasteiger partial charge < -0.3 is 19.9 Å². The van der Waals surface area contributed by atoms with Crippen molar-refractivity contribution in [3.05, 3.63) is 57.6 Å². The monoisotopic (exact) mass is 441 g/mol. The second-order valence-corrected chi connectivity index (χ2v) is 7.62. The first-order valence-electron chi connectivity index (χ1n) is 9.51. The first-order chi connectivity index (χ1) is 14.0. The molecule has 1 fully saturated rings. The molecule has 0 saturated carbocycles. The topological polar surface area (TPSA) is 53.8 Å². The summed E-state index contributed by atoms with van der Waals surface area (Å²) in [5.41, 5.74) is 1.87. The number of benzene rings is 1. The smallest absolute Gasteiger partial charge is 0.191 e. The van der Waals surface area contributed by atoms with Crippen LogP contribution in [0.3, 0.4) is 0 Å². The third-order valence-corrected chi connectivity index (χ3v) is 5.90. The number of rotatable bonds is 6. The highest BCUT2D eigenvalue weighted by molar-refractivity contribution is 6.41. The van der Waals surface area contributed by atoms with Crippen molar-refractivity contribution in [3.8, 4) is 0 Å². The Bertz CT molecular complexity index is 851. The van der Waals surface area contributed by atoms with Crippen LogP contribution in [-0.4, -0.2) is 55.3 Å². The molecular formula is C20H26Cl2FN5O. The highest BCUT2D eigenvalue weighted by atomic mass is 35.5. The van der Waals surface area contributed by atoms with Gasteiger partial charge in [0.15, 0.2) is 5.96 Å². The van der Waals surface area contributed by atoms with Crippen molar-refractivity contribution in [1.29, 1.82) is 0 Å². The van der Waals surface area contributed by atoms with Crippen LogP contribution in [-0.2, 0) is 18.3 Å². The standard InChI is InChI=1S/C20H26Cl2FN5O/c1-24-20(25-12-16-11-17(21)19(22)27(16)2)26-13-18(28-6-8-29-9-7-28)14-4-3-5-15(23)10-14/h3-5,10-11,18H,6-9,12-13H2,1-2H3,(H2,24,25,26). The maximum Gasteiger partial charge on any atom is 0.191 e. The number of hydrogen-bond acceptors (Lipinski definition) is 3. The number of guanidine groups is 1. The van der Waals surface area contributed by atoms with Gasteiger partial charge >= 0.3 is 0 Å². The normalized spacial score (nSPS) is 16.7.